The normalized spacial score (nSPS) is 13.5. The molecule has 1 aromatic heterocycles. The lowest BCUT2D eigenvalue weighted by atomic mass is 10.0. The molecule has 6 nitrogen and oxygen atoms in total. The SMILES string of the molecule is COCCN1CCCc2ccc(Nc3ncn(-c4ccccc4)n3)cc21. The number of hydrogen-bond donors (Lipinski definition) is 1. The van der Waals surface area contributed by atoms with E-state index in [0.29, 0.717) is 5.95 Å². The second-order valence-corrected chi connectivity index (χ2v) is 6.40. The van der Waals surface area contributed by atoms with Gasteiger partial charge in [-0.3, -0.25) is 0 Å². The van der Waals surface area contributed by atoms with E-state index in [2.05, 4.69) is 38.5 Å². The average Bonchev–Trinajstić information content (AvgIpc) is 3.15. The number of aryl methyl sites for hydroxylation is 1. The Bertz CT molecular complexity index is 862. The third-order valence-electron chi connectivity index (χ3n) is 4.63. The van der Waals surface area contributed by atoms with Crippen molar-refractivity contribution in [1.29, 1.82) is 0 Å². The van der Waals surface area contributed by atoms with E-state index >= 15 is 0 Å². The van der Waals surface area contributed by atoms with E-state index < -0.39 is 0 Å². The van der Waals surface area contributed by atoms with E-state index in [-0.39, 0.29) is 0 Å². The van der Waals surface area contributed by atoms with E-state index in [4.69, 9.17) is 4.74 Å². The van der Waals surface area contributed by atoms with Crippen LogP contribution in [0.15, 0.2) is 54.9 Å². The summed E-state index contributed by atoms with van der Waals surface area (Å²) in [5.41, 5.74) is 4.66. The molecule has 0 spiro atoms. The molecule has 1 aliphatic heterocycles. The zero-order chi connectivity index (χ0) is 17.8. The number of fused-ring (bicyclic) bond motifs is 1. The van der Waals surface area contributed by atoms with Crippen molar-refractivity contribution in [3.63, 3.8) is 0 Å². The van der Waals surface area contributed by atoms with Crippen molar-refractivity contribution < 1.29 is 4.74 Å². The first-order chi connectivity index (χ1) is 12.8. The van der Waals surface area contributed by atoms with E-state index in [1.807, 2.05) is 30.3 Å². The quantitative estimate of drug-likeness (QED) is 0.739. The number of para-hydroxylation sites is 1. The second-order valence-electron chi connectivity index (χ2n) is 6.40. The van der Waals surface area contributed by atoms with Crippen molar-refractivity contribution in [2.45, 2.75) is 12.8 Å². The Balaban J connectivity index is 1.53. The molecule has 0 saturated carbocycles. The number of rotatable bonds is 6. The lowest BCUT2D eigenvalue weighted by Crippen LogP contribution is -2.32. The molecule has 4 rings (SSSR count). The fourth-order valence-corrected chi connectivity index (χ4v) is 3.32. The topological polar surface area (TPSA) is 55.2 Å². The number of ether oxygens (including phenoxy) is 1. The van der Waals surface area contributed by atoms with Crippen molar-refractivity contribution in [2.24, 2.45) is 0 Å². The molecule has 0 unspecified atom stereocenters. The summed E-state index contributed by atoms with van der Waals surface area (Å²) in [7, 11) is 1.75. The van der Waals surface area contributed by atoms with Gasteiger partial charge < -0.3 is 15.0 Å². The molecule has 2 aromatic carbocycles. The summed E-state index contributed by atoms with van der Waals surface area (Å²) in [5.74, 6) is 0.591. The molecule has 134 valence electrons. The van der Waals surface area contributed by atoms with E-state index in [1.54, 1.807) is 18.1 Å². The predicted molar refractivity (Wildman–Crippen MR) is 103 cm³/mol. The van der Waals surface area contributed by atoms with Crippen molar-refractivity contribution in [1.82, 2.24) is 14.8 Å². The van der Waals surface area contributed by atoms with E-state index in [0.717, 1.165) is 37.5 Å². The van der Waals surface area contributed by atoms with Crippen LogP contribution in [0.3, 0.4) is 0 Å². The van der Waals surface area contributed by atoms with Crippen LogP contribution in [0.2, 0.25) is 0 Å². The molecular weight excluding hydrogens is 326 g/mol. The summed E-state index contributed by atoms with van der Waals surface area (Å²) in [6.45, 7) is 2.72. The highest BCUT2D eigenvalue weighted by Crippen LogP contribution is 2.30. The minimum Gasteiger partial charge on any atom is -0.383 e. The molecule has 0 atom stereocenters. The molecule has 0 bridgehead atoms. The number of nitrogens with one attached hydrogen (secondary N) is 1. The lowest BCUT2D eigenvalue weighted by molar-refractivity contribution is 0.205. The number of methoxy groups -OCH3 is 1. The van der Waals surface area contributed by atoms with Crippen LogP contribution in [0.1, 0.15) is 12.0 Å². The Kier molecular flexibility index (Phi) is 4.84. The fourth-order valence-electron chi connectivity index (χ4n) is 3.32. The highest BCUT2D eigenvalue weighted by Gasteiger charge is 2.17. The smallest absolute Gasteiger partial charge is 0.246 e. The van der Waals surface area contributed by atoms with Gasteiger partial charge in [-0.1, -0.05) is 24.3 Å². The first kappa shape index (κ1) is 16.6. The van der Waals surface area contributed by atoms with Crippen molar-refractivity contribution in [3.05, 3.63) is 60.4 Å². The zero-order valence-corrected chi connectivity index (χ0v) is 14.9. The Labute approximate surface area is 153 Å². The summed E-state index contributed by atoms with van der Waals surface area (Å²) in [5, 5.41) is 7.84. The molecule has 6 heteroatoms. The first-order valence-corrected chi connectivity index (χ1v) is 8.94. The van der Waals surface area contributed by atoms with Gasteiger partial charge in [0.05, 0.1) is 12.3 Å². The van der Waals surface area contributed by atoms with E-state index in [1.165, 1.54) is 17.7 Å². The number of benzene rings is 2. The maximum Gasteiger partial charge on any atom is 0.246 e. The number of anilines is 3. The van der Waals surface area contributed by atoms with Gasteiger partial charge in [-0.15, -0.1) is 5.10 Å². The molecule has 2 heterocycles. The van der Waals surface area contributed by atoms with Crippen LogP contribution >= 0.6 is 0 Å². The Hall–Kier alpha value is -2.86. The van der Waals surface area contributed by atoms with Gasteiger partial charge in [0.25, 0.3) is 0 Å². The van der Waals surface area contributed by atoms with Crippen LogP contribution in [0.25, 0.3) is 5.69 Å². The number of aromatic nitrogens is 3. The number of hydrogen-bond acceptors (Lipinski definition) is 5. The Morgan fingerprint density at radius 1 is 1.15 bits per heavy atom. The van der Waals surface area contributed by atoms with Crippen molar-refractivity contribution in [3.8, 4) is 5.69 Å². The maximum atomic E-state index is 5.25. The van der Waals surface area contributed by atoms with Crippen LogP contribution < -0.4 is 10.2 Å². The molecule has 26 heavy (non-hydrogen) atoms. The summed E-state index contributed by atoms with van der Waals surface area (Å²) in [6.07, 6.45) is 4.04. The minimum absolute atomic E-state index is 0.591. The Morgan fingerprint density at radius 2 is 2.04 bits per heavy atom. The zero-order valence-electron chi connectivity index (χ0n) is 14.9. The first-order valence-electron chi connectivity index (χ1n) is 8.94. The third kappa shape index (κ3) is 3.55. The summed E-state index contributed by atoms with van der Waals surface area (Å²) in [6, 6.07) is 16.5. The van der Waals surface area contributed by atoms with Crippen LogP contribution in [-0.2, 0) is 11.2 Å². The van der Waals surface area contributed by atoms with Gasteiger partial charge in [-0.2, -0.15) is 4.98 Å². The van der Waals surface area contributed by atoms with Gasteiger partial charge in [0.2, 0.25) is 5.95 Å². The second kappa shape index (κ2) is 7.58. The average molecular weight is 349 g/mol. The van der Waals surface area contributed by atoms with Crippen molar-refractivity contribution >= 4 is 17.3 Å². The van der Waals surface area contributed by atoms with E-state index in [9.17, 15) is 0 Å². The van der Waals surface area contributed by atoms with Gasteiger partial charge in [0.1, 0.15) is 6.33 Å². The summed E-state index contributed by atoms with van der Waals surface area (Å²) in [4.78, 5) is 6.77. The number of nitrogens with zero attached hydrogens (tertiary/aromatic N) is 4. The highest BCUT2D eigenvalue weighted by molar-refractivity contribution is 5.66. The molecule has 0 aliphatic carbocycles. The molecular formula is C20H23N5O. The van der Waals surface area contributed by atoms with Gasteiger partial charge in [-0.05, 0) is 42.7 Å². The summed E-state index contributed by atoms with van der Waals surface area (Å²) >= 11 is 0. The molecule has 0 radical (unpaired) electrons. The van der Waals surface area contributed by atoms with Crippen LogP contribution in [-0.4, -0.2) is 41.6 Å². The van der Waals surface area contributed by atoms with Crippen LogP contribution in [0, 0.1) is 0 Å². The third-order valence-corrected chi connectivity index (χ3v) is 4.63. The van der Waals surface area contributed by atoms with Gasteiger partial charge in [0.15, 0.2) is 0 Å². The highest BCUT2D eigenvalue weighted by atomic mass is 16.5. The van der Waals surface area contributed by atoms with Gasteiger partial charge in [-0.25, -0.2) is 4.68 Å². The maximum absolute atomic E-state index is 5.25. The monoisotopic (exact) mass is 349 g/mol. The predicted octanol–water partition coefficient (Wildman–Crippen LogP) is 3.41. The minimum atomic E-state index is 0.591. The lowest BCUT2D eigenvalue weighted by Gasteiger charge is -2.31. The van der Waals surface area contributed by atoms with Crippen LogP contribution in [0.4, 0.5) is 17.3 Å². The standard InChI is InChI=1S/C20H23N5O/c1-26-13-12-24-11-5-6-16-9-10-17(14-19(16)24)22-20-21-15-25(23-20)18-7-3-2-4-8-18/h2-4,7-10,14-15H,5-6,11-13H2,1H3,(H,22,23). The molecule has 1 N–H and O–H groups in total. The van der Waals surface area contributed by atoms with Crippen LogP contribution in [0.5, 0.6) is 0 Å². The summed E-state index contributed by atoms with van der Waals surface area (Å²) < 4.78 is 7.02. The molecule has 3 aromatic rings. The molecule has 0 saturated heterocycles. The molecule has 0 fully saturated rings. The Morgan fingerprint density at radius 3 is 2.88 bits per heavy atom. The largest absolute Gasteiger partial charge is 0.383 e. The molecule has 0 amide bonds. The fraction of sp³-hybridized carbons (Fsp3) is 0.300. The van der Waals surface area contributed by atoms with Crippen molar-refractivity contribution in [2.75, 3.05) is 37.0 Å². The molecule has 1 aliphatic rings. The van der Waals surface area contributed by atoms with Gasteiger partial charge >= 0.3 is 0 Å². The van der Waals surface area contributed by atoms with Gasteiger partial charge in [0, 0.05) is 31.6 Å².